The summed E-state index contributed by atoms with van der Waals surface area (Å²) in [5.74, 6) is 2.91. The van der Waals surface area contributed by atoms with Crippen molar-refractivity contribution in [2.24, 2.45) is 17.8 Å². The molecular formula is C15H29NO. The molecule has 100 valence electrons. The van der Waals surface area contributed by atoms with Crippen LogP contribution < -0.4 is 5.32 Å². The number of unbranched alkanes of at least 4 members (excludes halogenated alkanes) is 1. The second-order valence-corrected chi connectivity index (χ2v) is 6.07. The molecule has 0 aromatic rings. The second kappa shape index (κ2) is 7.38. The highest BCUT2D eigenvalue weighted by Crippen LogP contribution is 2.36. The van der Waals surface area contributed by atoms with Crippen LogP contribution in [0.2, 0.25) is 0 Å². The van der Waals surface area contributed by atoms with Crippen molar-refractivity contribution in [3.05, 3.63) is 0 Å². The van der Waals surface area contributed by atoms with Crippen LogP contribution >= 0.6 is 0 Å². The molecule has 2 nitrogen and oxygen atoms in total. The van der Waals surface area contributed by atoms with E-state index in [0.29, 0.717) is 0 Å². The fourth-order valence-corrected chi connectivity index (χ4v) is 2.88. The molecule has 2 rings (SSSR count). The molecule has 0 aromatic carbocycles. The monoisotopic (exact) mass is 239 g/mol. The first-order valence-corrected chi connectivity index (χ1v) is 7.64. The van der Waals surface area contributed by atoms with Gasteiger partial charge in [-0.3, -0.25) is 0 Å². The van der Waals surface area contributed by atoms with Crippen molar-refractivity contribution in [3.63, 3.8) is 0 Å². The first kappa shape index (κ1) is 13.4. The maximum Gasteiger partial charge on any atom is 0.0468 e. The van der Waals surface area contributed by atoms with Crippen molar-refractivity contribution in [2.75, 3.05) is 26.3 Å². The van der Waals surface area contributed by atoms with Gasteiger partial charge in [-0.1, -0.05) is 19.8 Å². The van der Waals surface area contributed by atoms with Crippen LogP contribution in [0.25, 0.3) is 0 Å². The highest BCUT2D eigenvalue weighted by molar-refractivity contribution is 4.79. The van der Waals surface area contributed by atoms with Crippen molar-refractivity contribution in [2.45, 2.75) is 51.9 Å². The van der Waals surface area contributed by atoms with Gasteiger partial charge in [-0.25, -0.2) is 0 Å². The lowest BCUT2D eigenvalue weighted by Gasteiger charge is -2.21. The van der Waals surface area contributed by atoms with Gasteiger partial charge in [-0.2, -0.15) is 0 Å². The van der Waals surface area contributed by atoms with Crippen LogP contribution in [0.15, 0.2) is 0 Å². The lowest BCUT2D eigenvalue weighted by atomic mass is 9.94. The third kappa shape index (κ3) is 5.39. The summed E-state index contributed by atoms with van der Waals surface area (Å²) in [7, 11) is 0. The van der Waals surface area contributed by atoms with Crippen molar-refractivity contribution < 1.29 is 4.74 Å². The highest BCUT2D eigenvalue weighted by atomic mass is 16.5. The minimum Gasteiger partial charge on any atom is -0.381 e. The van der Waals surface area contributed by atoms with E-state index in [-0.39, 0.29) is 0 Å². The normalized spacial score (nSPS) is 23.8. The number of hydrogen-bond acceptors (Lipinski definition) is 2. The number of nitrogens with one attached hydrogen (secondary N) is 1. The highest BCUT2D eigenvalue weighted by Gasteiger charge is 2.27. The van der Waals surface area contributed by atoms with E-state index in [4.69, 9.17) is 4.74 Å². The molecule has 1 unspecified atom stereocenters. The predicted octanol–water partition coefficient (Wildman–Crippen LogP) is 3.22. The van der Waals surface area contributed by atoms with Crippen LogP contribution in [0.3, 0.4) is 0 Å². The molecule has 1 atom stereocenters. The first-order chi connectivity index (χ1) is 8.36. The molecule has 0 radical (unpaired) electrons. The molecule has 2 fully saturated rings. The van der Waals surface area contributed by atoms with Crippen molar-refractivity contribution in [3.8, 4) is 0 Å². The number of ether oxygens (including phenoxy) is 1. The van der Waals surface area contributed by atoms with Crippen LogP contribution in [0, 0.1) is 17.8 Å². The van der Waals surface area contributed by atoms with E-state index >= 15 is 0 Å². The van der Waals surface area contributed by atoms with Gasteiger partial charge in [-0.05, 0) is 62.9 Å². The lowest BCUT2D eigenvalue weighted by molar-refractivity contribution is 0.0631. The molecule has 1 N–H and O–H groups in total. The molecule has 2 aliphatic rings. The Morgan fingerprint density at radius 1 is 1.12 bits per heavy atom. The summed E-state index contributed by atoms with van der Waals surface area (Å²) >= 11 is 0. The summed E-state index contributed by atoms with van der Waals surface area (Å²) in [6, 6.07) is 0. The van der Waals surface area contributed by atoms with E-state index in [1.165, 1.54) is 58.0 Å². The van der Waals surface area contributed by atoms with Gasteiger partial charge in [0.1, 0.15) is 0 Å². The second-order valence-electron chi connectivity index (χ2n) is 6.07. The summed E-state index contributed by atoms with van der Waals surface area (Å²) < 4.78 is 5.39. The summed E-state index contributed by atoms with van der Waals surface area (Å²) in [4.78, 5) is 0. The summed E-state index contributed by atoms with van der Waals surface area (Å²) in [6.45, 7) is 6.86. The quantitative estimate of drug-likeness (QED) is 0.657. The van der Waals surface area contributed by atoms with E-state index in [2.05, 4.69) is 12.2 Å². The fraction of sp³-hybridized carbons (Fsp3) is 1.00. The van der Waals surface area contributed by atoms with Gasteiger partial charge >= 0.3 is 0 Å². The van der Waals surface area contributed by atoms with E-state index in [1.807, 2.05) is 0 Å². The van der Waals surface area contributed by atoms with Gasteiger partial charge in [0.15, 0.2) is 0 Å². The van der Waals surface area contributed by atoms with Crippen LogP contribution in [-0.4, -0.2) is 26.3 Å². The average molecular weight is 239 g/mol. The Morgan fingerprint density at radius 3 is 2.59 bits per heavy atom. The maximum absolute atomic E-state index is 5.39. The largest absolute Gasteiger partial charge is 0.381 e. The molecule has 0 aromatic heterocycles. The minimum atomic E-state index is 0.908. The molecule has 1 heterocycles. The molecule has 1 saturated carbocycles. The Bertz CT molecular complexity index is 197. The molecule has 1 aliphatic carbocycles. The van der Waals surface area contributed by atoms with Gasteiger partial charge < -0.3 is 10.1 Å². The fourth-order valence-electron chi connectivity index (χ4n) is 2.88. The first-order valence-electron chi connectivity index (χ1n) is 7.64. The predicted molar refractivity (Wildman–Crippen MR) is 72.2 cm³/mol. The Kier molecular flexibility index (Phi) is 5.79. The van der Waals surface area contributed by atoms with Gasteiger partial charge in [0.05, 0.1) is 0 Å². The maximum atomic E-state index is 5.39. The molecular weight excluding hydrogens is 210 g/mol. The van der Waals surface area contributed by atoms with Crippen molar-refractivity contribution in [1.29, 1.82) is 0 Å². The van der Waals surface area contributed by atoms with E-state index in [9.17, 15) is 0 Å². The van der Waals surface area contributed by atoms with Crippen molar-refractivity contribution in [1.82, 2.24) is 5.32 Å². The molecule has 1 saturated heterocycles. The number of hydrogen-bond donors (Lipinski definition) is 1. The molecule has 1 aliphatic heterocycles. The zero-order chi connectivity index (χ0) is 11.9. The zero-order valence-electron chi connectivity index (χ0n) is 11.4. The molecule has 0 amide bonds. The third-order valence-corrected chi connectivity index (χ3v) is 4.45. The van der Waals surface area contributed by atoms with Gasteiger partial charge in [0.25, 0.3) is 0 Å². The smallest absolute Gasteiger partial charge is 0.0468 e. The standard InChI is InChI=1S/C15H29NO/c1-13(15-5-6-15)12-16-9-3-2-4-14-7-10-17-11-8-14/h13-16H,2-12H2,1H3. The summed E-state index contributed by atoms with van der Waals surface area (Å²) in [6.07, 6.45) is 9.73. The SMILES string of the molecule is CC(CNCCCCC1CCOCC1)C1CC1. The zero-order valence-corrected chi connectivity index (χ0v) is 11.4. The molecule has 0 spiro atoms. The number of rotatable bonds is 8. The summed E-state index contributed by atoms with van der Waals surface area (Å²) in [5.41, 5.74) is 0. The van der Waals surface area contributed by atoms with Crippen molar-refractivity contribution >= 4 is 0 Å². The Balaban J connectivity index is 1.38. The van der Waals surface area contributed by atoms with Gasteiger partial charge in [0, 0.05) is 13.2 Å². The Hall–Kier alpha value is -0.0800. The van der Waals surface area contributed by atoms with Crippen LogP contribution in [-0.2, 0) is 4.74 Å². The molecule has 2 heteroatoms. The van der Waals surface area contributed by atoms with E-state index < -0.39 is 0 Å². The van der Waals surface area contributed by atoms with E-state index in [0.717, 1.165) is 31.0 Å². The van der Waals surface area contributed by atoms with E-state index in [1.54, 1.807) is 0 Å². The molecule has 17 heavy (non-hydrogen) atoms. The Morgan fingerprint density at radius 2 is 1.88 bits per heavy atom. The minimum absolute atomic E-state index is 0.908. The third-order valence-electron chi connectivity index (χ3n) is 4.45. The average Bonchev–Trinajstić information content (AvgIpc) is 3.19. The van der Waals surface area contributed by atoms with Crippen LogP contribution in [0.4, 0.5) is 0 Å². The van der Waals surface area contributed by atoms with Gasteiger partial charge in [0.2, 0.25) is 0 Å². The summed E-state index contributed by atoms with van der Waals surface area (Å²) in [5, 5.41) is 3.62. The lowest BCUT2D eigenvalue weighted by Crippen LogP contribution is -2.23. The Labute approximate surface area is 107 Å². The topological polar surface area (TPSA) is 21.3 Å². The van der Waals surface area contributed by atoms with Gasteiger partial charge in [-0.15, -0.1) is 0 Å². The molecule has 0 bridgehead atoms. The van der Waals surface area contributed by atoms with Crippen LogP contribution in [0.5, 0.6) is 0 Å². The van der Waals surface area contributed by atoms with Crippen LogP contribution in [0.1, 0.15) is 51.9 Å².